The number of nitrogens with one attached hydrogen (secondary N) is 1. The number of hydrogen-bond acceptors (Lipinski definition) is 3. The molecule has 0 radical (unpaired) electrons. The van der Waals surface area contributed by atoms with Gasteiger partial charge >= 0.3 is 6.18 Å². The fourth-order valence-corrected chi connectivity index (χ4v) is 2.96. The Morgan fingerprint density at radius 2 is 2.00 bits per heavy atom. The molecule has 1 N–H and O–H groups in total. The van der Waals surface area contributed by atoms with Crippen LogP contribution in [0.5, 0.6) is 0 Å². The summed E-state index contributed by atoms with van der Waals surface area (Å²) in [5.41, 5.74) is 0.0920. The number of carbonyl (C=O) groups is 1. The summed E-state index contributed by atoms with van der Waals surface area (Å²) in [5, 5.41) is 11.1. The summed E-state index contributed by atoms with van der Waals surface area (Å²) in [6, 6.07) is 0. The zero-order valence-electron chi connectivity index (χ0n) is 14.2. The van der Waals surface area contributed by atoms with Gasteiger partial charge in [-0.3, -0.25) is 14.2 Å². The Balaban J connectivity index is 1.77. The lowest BCUT2D eigenvalue weighted by atomic mass is 10.3. The molecule has 2 heterocycles. The molecule has 0 aromatic carbocycles. The number of nitrogens with zero attached hydrogens (tertiary/aromatic N) is 4. The van der Waals surface area contributed by atoms with Crippen molar-refractivity contribution in [2.75, 3.05) is 6.54 Å². The Kier molecular flexibility index (Phi) is 6.73. The van der Waals surface area contributed by atoms with Crippen LogP contribution in [0.15, 0.2) is 10.7 Å². The van der Waals surface area contributed by atoms with Crippen LogP contribution in [0.3, 0.4) is 0 Å². The number of rotatable bonds is 7. The molecule has 0 unspecified atom stereocenters. The lowest BCUT2D eigenvalue weighted by molar-refractivity contribution is -0.142. The van der Waals surface area contributed by atoms with Crippen LogP contribution in [-0.4, -0.2) is 32.0 Å². The minimum absolute atomic E-state index is 0.0406. The predicted molar refractivity (Wildman–Crippen MR) is 93.9 cm³/mol. The molecule has 2 rings (SSSR count). The first-order chi connectivity index (χ1) is 12.1. The van der Waals surface area contributed by atoms with E-state index in [2.05, 4.69) is 31.4 Å². The van der Waals surface area contributed by atoms with Crippen molar-refractivity contribution in [3.63, 3.8) is 0 Å². The normalized spacial score (nSPS) is 11.8. The largest absolute Gasteiger partial charge is 0.436 e. The van der Waals surface area contributed by atoms with Crippen molar-refractivity contribution in [3.05, 3.63) is 32.8 Å². The molecule has 0 bridgehead atoms. The number of aromatic nitrogens is 4. The Morgan fingerprint density at radius 1 is 1.31 bits per heavy atom. The van der Waals surface area contributed by atoms with E-state index >= 15 is 0 Å². The van der Waals surface area contributed by atoms with Crippen molar-refractivity contribution in [2.45, 2.75) is 46.0 Å². The molecular formula is C15H18BrClF3N5O. The van der Waals surface area contributed by atoms with Crippen LogP contribution in [0.25, 0.3) is 0 Å². The lowest BCUT2D eigenvalue weighted by Gasteiger charge is -2.07. The summed E-state index contributed by atoms with van der Waals surface area (Å²) in [4.78, 5) is 11.9. The number of aryl methyl sites for hydroxylation is 3. The molecule has 6 nitrogen and oxygen atoms in total. The molecule has 26 heavy (non-hydrogen) atoms. The summed E-state index contributed by atoms with van der Waals surface area (Å²) < 4.78 is 41.2. The third kappa shape index (κ3) is 5.23. The van der Waals surface area contributed by atoms with Crippen molar-refractivity contribution in [1.82, 2.24) is 24.9 Å². The molecule has 11 heteroatoms. The molecular weight excluding hydrogens is 439 g/mol. The van der Waals surface area contributed by atoms with Crippen LogP contribution >= 0.6 is 27.5 Å². The number of alkyl halides is 3. The van der Waals surface area contributed by atoms with Crippen molar-refractivity contribution < 1.29 is 18.0 Å². The molecule has 1 amide bonds. The van der Waals surface area contributed by atoms with Crippen LogP contribution in [0, 0.1) is 13.8 Å². The Morgan fingerprint density at radius 3 is 2.54 bits per heavy atom. The Bertz CT molecular complexity index is 768. The number of halogens is 5. The maximum atomic E-state index is 12.8. The average molecular weight is 457 g/mol. The van der Waals surface area contributed by atoms with Gasteiger partial charge in [0, 0.05) is 25.7 Å². The van der Waals surface area contributed by atoms with Crippen molar-refractivity contribution in [2.24, 2.45) is 0 Å². The van der Waals surface area contributed by atoms with Crippen molar-refractivity contribution in [3.8, 4) is 0 Å². The highest BCUT2D eigenvalue weighted by atomic mass is 79.9. The Hall–Kier alpha value is -1.55. The molecule has 2 aromatic rings. The van der Waals surface area contributed by atoms with E-state index in [-0.39, 0.29) is 23.3 Å². The van der Waals surface area contributed by atoms with Gasteiger partial charge < -0.3 is 5.32 Å². The fraction of sp³-hybridized carbons (Fsp3) is 0.533. The zero-order chi connectivity index (χ0) is 19.5. The maximum absolute atomic E-state index is 12.8. The second-order valence-electron chi connectivity index (χ2n) is 5.75. The molecule has 0 aliphatic rings. The quantitative estimate of drug-likeness (QED) is 0.646. The van der Waals surface area contributed by atoms with Gasteiger partial charge in [0.2, 0.25) is 5.91 Å². The van der Waals surface area contributed by atoms with Gasteiger partial charge in [0.25, 0.3) is 0 Å². The van der Waals surface area contributed by atoms with Gasteiger partial charge in [-0.1, -0.05) is 11.6 Å². The minimum Gasteiger partial charge on any atom is -0.356 e. The van der Waals surface area contributed by atoms with Crippen LogP contribution in [0.4, 0.5) is 13.2 Å². The molecule has 0 fully saturated rings. The number of carbonyl (C=O) groups excluding carboxylic acids is 1. The van der Waals surface area contributed by atoms with E-state index in [9.17, 15) is 18.0 Å². The van der Waals surface area contributed by atoms with E-state index in [1.54, 1.807) is 17.8 Å². The highest BCUT2D eigenvalue weighted by Gasteiger charge is 2.37. The fourth-order valence-electron chi connectivity index (χ4n) is 2.30. The molecule has 0 saturated heterocycles. The van der Waals surface area contributed by atoms with E-state index in [4.69, 9.17) is 11.6 Å². The topological polar surface area (TPSA) is 64.7 Å². The SMILES string of the molecule is Cc1nn(CCCNC(=O)CCn2nc(C(F)(F)F)c(Br)c2C)cc1Cl. The van der Waals surface area contributed by atoms with E-state index in [0.29, 0.717) is 30.2 Å². The van der Waals surface area contributed by atoms with Gasteiger partial charge in [-0.2, -0.15) is 23.4 Å². The lowest BCUT2D eigenvalue weighted by Crippen LogP contribution is -2.26. The average Bonchev–Trinajstić information content (AvgIpc) is 3.02. The third-order valence-electron chi connectivity index (χ3n) is 3.73. The molecule has 2 aromatic heterocycles. The van der Waals surface area contributed by atoms with E-state index < -0.39 is 11.9 Å². The predicted octanol–water partition coefficient (Wildman–Crippen LogP) is 3.73. The first-order valence-corrected chi connectivity index (χ1v) is 9.03. The van der Waals surface area contributed by atoms with Crippen LogP contribution < -0.4 is 5.32 Å². The standard InChI is InChI=1S/C15H18BrClF3N5O/c1-9-11(17)8-24(22-9)6-3-5-21-12(26)4-7-25-10(2)13(16)14(23-25)15(18,19)20/h8H,3-7H2,1-2H3,(H,21,26). The third-order valence-corrected chi connectivity index (χ3v) is 5.05. The van der Waals surface area contributed by atoms with E-state index in [0.717, 1.165) is 5.69 Å². The minimum atomic E-state index is -4.54. The van der Waals surface area contributed by atoms with Gasteiger partial charge in [-0.25, -0.2) is 0 Å². The van der Waals surface area contributed by atoms with Gasteiger partial charge in [0.15, 0.2) is 5.69 Å². The molecule has 0 aliphatic heterocycles. The first-order valence-electron chi connectivity index (χ1n) is 7.86. The van der Waals surface area contributed by atoms with Gasteiger partial charge in [-0.15, -0.1) is 0 Å². The molecule has 0 saturated carbocycles. The summed E-state index contributed by atoms with van der Waals surface area (Å²) in [6.07, 6.45) is -2.12. The monoisotopic (exact) mass is 455 g/mol. The van der Waals surface area contributed by atoms with Gasteiger partial charge in [-0.05, 0) is 36.2 Å². The highest BCUT2D eigenvalue weighted by molar-refractivity contribution is 9.10. The Labute approximate surface area is 161 Å². The number of hydrogen-bond donors (Lipinski definition) is 1. The van der Waals surface area contributed by atoms with E-state index in [1.165, 1.54) is 11.6 Å². The number of amides is 1. The van der Waals surface area contributed by atoms with Gasteiger partial charge in [0.1, 0.15) is 0 Å². The van der Waals surface area contributed by atoms with E-state index in [1.807, 2.05) is 0 Å². The molecule has 0 atom stereocenters. The van der Waals surface area contributed by atoms with Crippen molar-refractivity contribution >= 4 is 33.4 Å². The summed E-state index contributed by atoms with van der Waals surface area (Å²) in [6.45, 7) is 4.43. The zero-order valence-corrected chi connectivity index (χ0v) is 16.5. The molecule has 144 valence electrons. The van der Waals surface area contributed by atoms with Gasteiger partial charge in [0.05, 0.1) is 27.4 Å². The molecule has 0 spiro atoms. The van der Waals surface area contributed by atoms with Crippen molar-refractivity contribution in [1.29, 1.82) is 0 Å². The maximum Gasteiger partial charge on any atom is 0.436 e. The second kappa shape index (κ2) is 8.43. The highest BCUT2D eigenvalue weighted by Crippen LogP contribution is 2.35. The smallest absolute Gasteiger partial charge is 0.356 e. The summed E-state index contributed by atoms with van der Waals surface area (Å²) >= 11 is 8.81. The van der Waals surface area contributed by atoms with Crippen LogP contribution in [-0.2, 0) is 24.1 Å². The first kappa shape index (κ1) is 20.8. The summed E-state index contributed by atoms with van der Waals surface area (Å²) in [5.74, 6) is -0.251. The second-order valence-corrected chi connectivity index (χ2v) is 6.95. The summed E-state index contributed by atoms with van der Waals surface area (Å²) in [7, 11) is 0. The van der Waals surface area contributed by atoms with Crippen LogP contribution in [0.2, 0.25) is 5.02 Å². The molecule has 0 aliphatic carbocycles. The van der Waals surface area contributed by atoms with Crippen LogP contribution in [0.1, 0.15) is 29.9 Å².